The molecule has 88 valence electrons. The Bertz CT molecular complexity index is 373. The smallest absolute Gasteiger partial charge is 0.156 e. The number of anilines is 1. The summed E-state index contributed by atoms with van der Waals surface area (Å²) >= 11 is 7.63. The van der Waals surface area contributed by atoms with E-state index in [9.17, 15) is 4.79 Å². The summed E-state index contributed by atoms with van der Waals surface area (Å²) in [7, 11) is 0. The van der Waals surface area contributed by atoms with E-state index in [4.69, 9.17) is 11.6 Å². The number of aryl methyl sites for hydroxylation is 1. The van der Waals surface area contributed by atoms with Crippen LogP contribution in [0.1, 0.15) is 22.6 Å². The number of halogens is 1. The highest BCUT2D eigenvalue weighted by molar-refractivity contribution is 7.98. The Labute approximate surface area is 104 Å². The average molecular weight is 260 g/mol. The van der Waals surface area contributed by atoms with E-state index >= 15 is 0 Å². The van der Waals surface area contributed by atoms with Gasteiger partial charge in [0.25, 0.3) is 0 Å². The van der Waals surface area contributed by atoms with Crippen LogP contribution in [-0.4, -0.2) is 34.8 Å². The van der Waals surface area contributed by atoms with Crippen LogP contribution in [0.3, 0.4) is 0 Å². The maximum atomic E-state index is 10.8. The summed E-state index contributed by atoms with van der Waals surface area (Å²) < 4.78 is 0. The molecule has 1 heterocycles. The Morgan fingerprint density at radius 2 is 2.25 bits per heavy atom. The molecule has 0 atom stereocenters. The molecule has 1 aromatic heterocycles. The molecule has 0 bridgehead atoms. The fraction of sp³-hybridized carbons (Fsp3) is 0.500. The number of thioether (sulfide) groups is 1. The van der Waals surface area contributed by atoms with Gasteiger partial charge < -0.3 is 5.32 Å². The van der Waals surface area contributed by atoms with Gasteiger partial charge in [-0.15, -0.1) is 0 Å². The largest absolute Gasteiger partial charge is 0.369 e. The van der Waals surface area contributed by atoms with Crippen molar-refractivity contribution >= 4 is 35.5 Å². The minimum absolute atomic E-state index is 0.204. The summed E-state index contributed by atoms with van der Waals surface area (Å²) in [6.07, 6.45) is 3.75. The molecule has 1 rings (SSSR count). The van der Waals surface area contributed by atoms with E-state index in [-0.39, 0.29) is 5.15 Å². The minimum Gasteiger partial charge on any atom is -0.369 e. The molecular weight excluding hydrogens is 246 g/mol. The molecule has 0 saturated heterocycles. The predicted octanol–water partition coefficient (Wildman–Crippen LogP) is 2.42. The number of rotatable bonds is 6. The van der Waals surface area contributed by atoms with E-state index in [1.807, 2.05) is 0 Å². The monoisotopic (exact) mass is 259 g/mol. The molecule has 1 aromatic rings. The second kappa shape index (κ2) is 6.70. The normalized spacial score (nSPS) is 10.2. The lowest BCUT2D eigenvalue weighted by Crippen LogP contribution is -2.09. The van der Waals surface area contributed by atoms with Gasteiger partial charge in [0.2, 0.25) is 0 Å². The van der Waals surface area contributed by atoms with Crippen LogP contribution in [0, 0.1) is 6.92 Å². The summed E-state index contributed by atoms with van der Waals surface area (Å²) in [6, 6.07) is 0. The van der Waals surface area contributed by atoms with Crippen molar-refractivity contribution in [2.24, 2.45) is 0 Å². The van der Waals surface area contributed by atoms with Crippen LogP contribution in [0.15, 0.2) is 0 Å². The van der Waals surface area contributed by atoms with E-state index in [2.05, 4.69) is 21.5 Å². The van der Waals surface area contributed by atoms with Gasteiger partial charge in [-0.1, -0.05) is 11.6 Å². The molecule has 0 aromatic carbocycles. The SMILES string of the molecule is CSCCCNc1nc(C)nc(Cl)c1C=O. The number of aldehydes is 1. The van der Waals surface area contributed by atoms with E-state index in [0.717, 1.165) is 18.7 Å². The van der Waals surface area contributed by atoms with Crippen molar-refractivity contribution in [3.63, 3.8) is 0 Å². The third-order valence-corrected chi connectivity index (χ3v) is 2.93. The lowest BCUT2D eigenvalue weighted by atomic mass is 10.3. The number of carbonyl (C=O) groups excluding carboxylic acids is 1. The lowest BCUT2D eigenvalue weighted by Gasteiger charge is -2.08. The van der Waals surface area contributed by atoms with Gasteiger partial charge in [-0.25, -0.2) is 9.97 Å². The van der Waals surface area contributed by atoms with Crippen molar-refractivity contribution in [1.82, 2.24) is 9.97 Å². The number of hydrogen-bond acceptors (Lipinski definition) is 5. The maximum Gasteiger partial charge on any atom is 0.156 e. The van der Waals surface area contributed by atoms with E-state index in [1.54, 1.807) is 18.7 Å². The summed E-state index contributed by atoms with van der Waals surface area (Å²) in [6.45, 7) is 2.52. The molecule has 0 fully saturated rings. The first kappa shape index (κ1) is 13.3. The van der Waals surface area contributed by atoms with Crippen LogP contribution < -0.4 is 5.32 Å². The van der Waals surface area contributed by atoms with E-state index in [1.165, 1.54) is 0 Å². The van der Waals surface area contributed by atoms with Crippen LogP contribution >= 0.6 is 23.4 Å². The van der Waals surface area contributed by atoms with Crippen molar-refractivity contribution in [3.05, 3.63) is 16.5 Å². The van der Waals surface area contributed by atoms with Crippen molar-refractivity contribution in [3.8, 4) is 0 Å². The molecule has 16 heavy (non-hydrogen) atoms. The van der Waals surface area contributed by atoms with Gasteiger partial charge in [0.1, 0.15) is 16.8 Å². The minimum atomic E-state index is 0.204. The second-order valence-electron chi connectivity index (χ2n) is 3.21. The summed E-state index contributed by atoms with van der Waals surface area (Å²) in [5, 5.41) is 3.30. The highest BCUT2D eigenvalue weighted by atomic mass is 35.5. The highest BCUT2D eigenvalue weighted by Gasteiger charge is 2.10. The number of nitrogens with zero attached hydrogens (tertiary/aromatic N) is 2. The fourth-order valence-corrected chi connectivity index (χ4v) is 1.90. The molecule has 0 aliphatic rings. The topological polar surface area (TPSA) is 54.9 Å². The van der Waals surface area contributed by atoms with Gasteiger partial charge in [0.05, 0.1) is 5.56 Å². The molecule has 0 amide bonds. The summed E-state index contributed by atoms with van der Waals surface area (Å²) in [5.41, 5.74) is 0.330. The zero-order valence-corrected chi connectivity index (χ0v) is 10.9. The first-order valence-electron chi connectivity index (χ1n) is 4.91. The van der Waals surface area contributed by atoms with Gasteiger partial charge in [-0.2, -0.15) is 11.8 Å². The molecule has 0 radical (unpaired) electrons. The summed E-state index contributed by atoms with van der Waals surface area (Å²) in [5.74, 6) is 2.15. The molecule has 4 nitrogen and oxygen atoms in total. The Kier molecular flexibility index (Phi) is 5.55. The Balaban J connectivity index is 2.73. The Morgan fingerprint density at radius 1 is 1.50 bits per heavy atom. The van der Waals surface area contributed by atoms with Crippen LogP contribution in [0.5, 0.6) is 0 Å². The number of carbonyl (C=O) groups is 1. The van der Waals surface area contributed by atoms with Gasteiger partial charge in [-0.05, 0) is 25.4 Å². The van der Waals surface area contributed by atoms with Gasteiger partial charge >= 0.3 is 0 Å². The quantitative estimate of drug-likeness (QED) is 0.483. The molecule has 0 spiro atoms. The predicted molar refractivity (Wildman–Crippen MR) is 68.7 cm³/mol. The second-order valence-corrected chi connectivity index (χ2v) is 4.56. The van der Waals surface area contributed by atoms with Gasteiger partial charge in [0.15, 0.2) is 6.29 Å². The summed E-state index contributed by atoms with van der Waals surface area (Å²) in [4.78, 5) is 18.9. The lowest BCUT2D eigenvalue weighted by molar-refractivity contribution is 0.112. The molecule has 0 aliphatic heterocycles. The van der Waals surface area contributed by atoms with Crippen LogP contribution in [0.25, 0.3) is 0 Å². The van der Waals surface area contributed by atoms with Gasteiger partial charge in [-0.3, -0.25) is 4.79 Å². The third-order valence-electron chi connectivity index (χ3n) is 1.95. The molecule has 0 saturated carbocycles. The van der Waals surface area contributed by atoms with Crippen molar-refractivity contribution in [2.45, 2.75) is 13.3 Å². The zero-order chi connectivity index (χ0) is 12.0. The van der Waals surface area contributed by atoms with Crippen molar-refractivity contribution < 1.29 is 4.79 Å². The Morgan fingerprint density at radius 3 is 2.88 bits per heavy atom. The van der Waals surface area contributed by atoms with Crippen LogP contribution in [0.4, 0.5) is 5.82 Å². The zero-order valence-electron chi connectivity index (χ0n) is 9.29. The number of hydrogen-bond donors (Lipinski definition) is 1. The maximum absolute atomic E-state index is 10.8. The highest BCUT2D eigenvalue weighted by Crippen LogP contribution is 2.18. The average Bonchev–Trinajstić information content (AvgIpc) is 2.24. The molecule has 1 N–H and O–H groups in total. The van der Waals surface area contributed by atoms with E-state index in [0.29, 0.717) is 23.5 Å². The Hall–Kier alpha value is -0.810. The number of nitrogens with one attached hydrogen (secondary N) is 1. The molecule has 6 heteroatoms. The molecule has 0 unspecified atom stereocenters. The van der Waals surface area contributed by atoms with E-state index < -0.39 is 0 Å². The fourth-order valence-electron chi connectivity index (χ4n) is 1.21. The van der Waals surface area contributed by atoms with Crippen molar-refractivity contribution in [1.29, 1.82) is 0 Å². The standard InChI is InChI=1S/C10H14ClN3OS/c1-7-13-9(11)8(6-15)10(14-7)12-4-3-5-16-2/h6H,3-5H2,1-2H3,(H,12,13,14). The first-order valence-corrected chi connectivity index (χ1v) is 6.68. The molecular formula is C10H14ClN3OS. The van der Waals surface area contributed by atoms with Crippen LogP contribution in [0.2, 0.25) is 5.15 Å². The number of aromatic nitrogens is 2. The van der Waals surface area contributed by atoms with Gasteiger partial charge in [0, 0.05) is 6.54 Å². The first-order chi connectivity index (χ1) is 7.69. The third kappa shape index (κ3) is 3.64. The van der Waals surface area contributed by atoms with Crippen molar-refractivity contribution in [2.75, 3.05) is 23.9 Å². The van der Waals surface area contributed by atoms with Crippen LogP contribution in [-0.2, 0) is 0 Å². The molecule has 0 aliphatic carbocycles.